The van der Waals surface area contributed by atoms with Crippen LogP contribution < -0.4 is 4.40 Å². The van der Waals surface area contributed by atoms with Crippen LogP contribution in [0, 0.1) is 25.7 Å². The number of rotatable bonds is 4. The van der Waals surface area contributed by atoms with Crippen molar-refractivity contribution in [2.45, 2.75) is 45.0 Å². The van der Waals surface area contributed by atoms with Gasteiger partial charge in [0, 0.05) is 26.2 Å². The number of aliphatic hydroxyl groups excluding tert-OH is 1. The van der Waals surface area contributed by atoms with Crippen molar-refractivity contribution in [3.8, 4) is 22.4 Å². The van der Waals surface area contributed by atoms with E-state index in [0.717, 1.165) is 27.8 Å². The first-order valence-corrected chi connectivity index (χ1v) is 19.3. The molecule has 0 unspecified atom stereocenters. The number of ketones is 1. The quantitative estimate of drug-likeness (QED) is 0.101. The third kappa shape index (κ3) is 7.94. The van der Waals surface area contributed by atoms with Gasteiger partial charge in [-0.3, -0.25) is 4.79 Å². The van der Waals surface area contributed by atoms with Crippen LogP contribution in [0.2, 0.25) is 17.3 Å². The number of hydrogen-bond donors (Lipinski definition) is 1. The van der Waals surface area contributed by atoms with Gasteiger partial charge in [0.2, 0.25) is 0 Å². The molecule has 4 rings (SSSR count). The second-order valence-electron chi connectivity index (χ2n) is 10.1. The topological polar surface area (TPSA) is 50.2 Å². The van der Waals surface area contributed by atoms with Gasteiger partial charge in [0.15, 0.2) is 5.78 Å². The van der Waals surface area contributed by atoms with E-state index in [4.69, 9.17) is 5.11 Å². The summed E-state index contributed by atoms with van der Waals surface area (Å²) in [7, 11) is 0. The zero-order valence-electron chi connectivity index (χ0n) is 22.4. The number of aliphatic hydroxyl groups is 1. The van der Waals surface area contributed by atoms with Crippen LogP contribution in [0.1, 0.15) is 25.0 Å². The standard InChI is InChI=1S/C26H25FGeN.C5H8O2.Ir/c1-17-12-20(14-19-8-6-7-9-22(17)19)26-15-24(25(27)16-29-26)23-11-10-21(13-18(23)2)28(3,4)5;1-4(6)3-5(2)7;/h6-13,15-16H,1-5H3;3,6H,1-2H3;/q-1;;/b;4-3-;. The molecule has 3 nitrogen and oxygen atoms in total. The molecule has 37 heavy (non-hydrogen) atoms. The molecular formula is C31H33FGeIrNO2-. The fourth-order valence-electron chi connectivity index (χ4n) is 4.07. The average Bonchev–Trinajstić information content (AvgIpc) is 2.78. The Morgan fingerprint density at radius 2 is 1.65 bits per heavy atom. The van der Waals surface area contributed by atoms with Crippen molar-refractivity contribution in [3.05, 3.63) is 95.6 Å². The molecule has 6 heteroatoms. The van der Waals surface area contributed by atoms with E-state index in [9.17, 15) is 9.18 Å². The fourth-order valence-corrected chi connectivity index (χ4v) is 6.65. The van der Waals surface area contributed by atoms with Crippen LogP contribution in [0.4, 0.5) is 4.39 Å². The largest absolute Gasteiger partial charge is 0 e. The van der Waals surface area contributed by atoms with Gasteiger partial charge in [0.25, 0.3) is 0 Å². The number of halogens is 1. The second-order valence-corrected chi connectivity index (χ2v) is 20.8. The molecule has 1 N–H and O–H groups in total. The van der Waals surface area contributed by atoms with Gasteiger partial charge in [-0.15, -0.1) is 0 Å². The molecule has 0 amide bonds. The Hall–Kier alpha value is -2.60. The molecule has 1 heterocycles. The molecule has 4 aromatic rings. The maximum Gasteiger partial charge on any atom is 0 e. The second kappa shape index (κ2) is 12.8. The number of nitrogens with zero attached hydrogens (tertiary/aromatic N) is 1. The minimum atomic E-state index is -1.92. The molecule has 0 saturated carbocycles. The Balaban J connectivity index is 0.000000532. The Labute approximate surface area is 235 Å². The number of carbonyl (C=O) groups excluding carboxylic acids is 1. The molecule has 0 bridgehead atoms. The fraction of sp³-hybridized carbons (Fsp3) is 0.226. The third-order valence-electron chi connectivity index (χ3n) is 5.91. The van der Waals surface area contributed by atoms with Crippen molar-refractivity contribution in [2.24, 2.45) is 0 Å². The van der Waals surface area contributed by atoms with Crippen LogP contribution in [-0.2, 0) is 24.9 Å². The number of allylic oxidation sites excluding steroid dienone is 2. The van der Waals surface area contributed by atoms with Gasteiger partial charge in [-0.1, -0.05) is 6.07 Å². The van der Waals surface area contributed by atoms with E-state index in [1.807, 2.05) is 18.2 Å². The Kier molecular flexibility index (Phi) is 10.6. The van der Waals surface area contributed by atoms with E-state index in [-0.39, 0.29) is 37.5 Å². The monoisotopic (exact) mass is 737 g/mol. The van der Waals surface area contributed by atoms with Crippen LogP contribution >= 0.6 is 0 Å². The summed E-state index contributed by atoms with van der Waals surface area (Å²) in [6.07, 6.45) is 2.50. The van der Waals surface area contributed by atoms with Crippen molar-refractivity contribution in [1.29, 1.82) is 0 Å². The van der Waals surface area contributed by atoms with Crippen LogP contribution in [0.5, 0.6) is 0 Å². The zero-order chi connectivity index (χ0) is 26.6. The molecule has 0 saturated heterocycles. The first kappa shape index (κ1) is 30.6. The van der Waals surface area contributed by atoms with Crippen molar-refractivity contribution in [3.63, 3.8) is 0 Å². The minimum absolute atomic E-state index is 0. The molecule has 1 radical (unpaired) electrons. The molecule has 195 valence electrons. The summed E-state index contributed by atoms with van der Waals surface area (Å²) in [5.41, 5.74) is 5.43. The van der Waals surface area contributed by atoms with Crippen LogP contribution in [0.15, 0.2) is 72.6 Å². The van der Waals surface area contributed by atoms with Crippen molar-refractivity contribution < 1.29 is 34.4 Å². The van der Waals surface area contributed by atoms with E-state index in [0.29, 0.717) is 5.56 Å². The maximum atomic E-state index is 14.8. The Bertz CT molecular complexity index is 1450. The smallest absolute Gasteiger partial charge is 0 e. The first-order valence-electron chi connectivity index (χ1n) is 11.9. The summed E-state index contributed by atoms with van der Waals surface area (Å²) < 4.78 is 16.2. The summed E-state index contributed by atoms with van der Waals surface area (Å²) in [6.45, 7) is 7.00. The summed E-state index contributed by atoms with van der Waals surface area (Å²) in [6, 6.07) is 22.1. The molecule has 1 aromatic heterocycles. The van der Waals surface area contributed by atoms with Crippen LogP contribution in [0.3, 0.4) is 0 Å². The third-order valence-corrected chi connectivity index (χ3v) is 10.2. The number of pyridine rings is 1. The number of benzene rings is 3. The molecule has 0 aliphatic heterocycles. The van der Waals surface area contributed by atoms with Gasteiger partial charge in [-0.2, -0.15) is 0 Å². The summed E-state index contributed by atoms with van der Waals surface area (Å²) in [5.74, 6) is 6.76. The predicted octanol–water partition coefficient (Wildman–Crippen LogP) is 7.70. The minimum Gasteiger partial charge on any atom is 0 e. The number of aryl methyl sites for hydroxylation is 2. The van der Waals surface area contributed by atoms with Crippen LogP contribution in [-0.4, -0.2) is 29.1 Å². The average molecular weight is 735 g/mol. The van der Waals surface area contributed by atoms with Crippen LogP contribution in [0.25, 0.3) is 33.2 Å². The van der Waals surface area contributed by atoms with Gasteiger partial charge < -0.3 is 5.11 Å². The first-order chi connectivity index (χ1) is 16.9. The number of aromatic nitrogens is 1. The summed E-state index contributed by atoms with van der Waals surface area (Å²) >= 11 is -1.92. The van der Waals surface area contributed by atoms with Gasteiger partial charge in [-0.25, -0.2) is 0 Å². The van der Waals surface area contributed by atoms with Gasteiger partial charge in [0.05, 0.1) is 5.76 Å². The summed E-state index contributed by atoms with van der Waals surface area (Å²) in [4.78, 5) is 14.4. The number of carbonyl (C=O) groups is 1. The number of fused-ring (bicyclic) bond motifs is 1. The predicted molar refractivity (Wildman–Crippen MR) is 151 cm³/mol. The molecule has 0 aliphatic rings. The van der Waals surface area contributed by atoms with E-state index in [2.05, 4.69) is 78.6 Å². The molecule has 0 fully saturated rings. The summed E-state index contributed by atoms with van der Waals surface area (Å²) in [5, 5.41) is 10.6. The maximum absolute atomic E-state index is 14.8. The van der Waals surface area contributed by atoms with Gasteiger partial charge >= 0.3 is 169 Å². The molecule has 3 aromatic carbocycles. The Morgan fingerprint density at radius 3 is 2.22 bits per heavy atom. The molecule has 0 spiro atoms. The normalized spacial score (nSPS) is 11.4. The zero-order valence-corrected chi connectivity index (χ0v) is 26.9. The van der Waals surface area contributed by atoms with E-state index in [1.165, 1.54) is 41.5 Å². The SMILES string of the molecule is CC(=O)/C=C(/C)O.Cc1c[c]([Ge]([CH3])([CH3])[CH3])ccc1-c1cc(-c2[c-]c3ccccc3c(C)c2)ncc1F.[Ir]. The molecule has 0 aliphatic carbocycles. The van der Waals surface area contributed by atoms with E-state index in [1.54, 1.807) is 0 Å². The van der Waals surface area contributed by atoms with E-state index >= 15 is 0 Å². The molecular weight excluding hydrogens is 702 g/mol. The molecule has 0 atom stereocenters. The van der Waals surface area contributed by atoms with Crippen molar-refractivity contribution >= 4 is 34.2 Å². The van der Waals surface area contributed by atoms with Crippen molar-refractivity contribution in [2.75, 3.05) is 0 Å². The van der Waals surface area contributed by atoms with Crippen molar-refractivity contribution in [1.82, 2.24) is 4.98 Å². The Morgan fingerprint density at radius 1 is 0.973 bits per heavy atom. The number of hydrogen-bond acceptors (Lipinski definition) is 3. The van der Waals surface area contributed by atoms with E-state index < -0.39 is 13.3 Å². The van der Waals surface area contributed by atoms with Gasteiger partial charge in [0.1, 0.15) is 0 Å². The van der Waals surface area contributed by atoms with Gasteiger partial charge in [-0.05, 0) is 13.8 Å².